The van der Waals surface area contributed by atoms with Crippen LogP contribution in [0.5, 0.6) is 0 Å². The number of amides is 1. The van der Waals surface area contributed by atoms with E-state index in [1.165, 1.54) is 10.8 Å². The maximum absolute atomic E-state index is 12.6. The highest BCUT2D eigenvalue weighted by molar-refractivity contribution is 7.07. The van der Waals surface area contributed by atoms with E-state index in [0.717, 1.165) is 17.9 Å². The van der Waals surface area contributed by atoms with Gasteiger partial charge in [-0.1, -0.05) is 35.8 Å². The van der Waals surface area contributed by atoms with Gasteiger partial charge in [0.25, 0.3) is 5.56 Å². The Morgan fingerprint density at radius 2 is 2.06 bits per heavy atom. The zero-order valence-corrected chi connectivity index (χ0v) is 20.6. The second-order valence-electron chi connectivity index (χ2n) is 7.13. The summed E-state index contributed by atoms with van der Waals surface area (Å²) in [5.41, 5.74) is 5.67. The van der Waals surface area contributed by atoms with Crippen molar-refractivity contribution in [2.24, 2.45) is 0 Å². The lowest BCUT2D eigenvalue weighted by atomic mass is 10.2. The van der Waals surface area contributed by atoms with Crippen LogP contribution in [0.3, 0.4) is 0 Å². The molecule has 0 atom stereocenters. The van der Waals surface area contributed by atoms with E-state index in [1.807, 2.05) is 11.8 Å². The van der Waals surface area contributed by atoms with Gasteiger partial charge in [0.15, 0.2) is 5.57 Å². The van der Waals surface area contributed by atoms with E-state index in [4.69, 9.17) is 15.1 Å². The zero-order chi connectivity index (χ0) is 25.8. The number of nitrogens with zero attached hydrogens (tertiary/aromatic N) is 3. The highest BCUT2D eigenvalue weighted by Crippen LogP contribution is 2.15. The third kappa shape index (κ3) is 8.12. The molecular formula is C24H27N5O5S. The topological polar surface area (TPSA) is 137 Å². The molecule has 2 aromatic rings. The number of carboxylic acid groups (broad SMARTS) is 1. The lowest BCUT2D eigenvalue weighted by molar-refractivity contribution is -0.132. The molecule has 1 heterocycles. The van der Waals surface area contributed by atoms with Gasteiger partial charge in [0, 0.05) is 37.8 Å². The molecule has 0 unspecified atom stereocenters. The molecule has 0 spiro atoms. The Labute approximate surface area is 206 Å². The first-order valence-electron chi connectivity index (χ1n) is 10.8. The SMILES string of the molecule is CCN(CCOC)CC(=O)Nc1cccc(NC=C=c2sc(=C=C(C#N)C(=O)O)n(CC)c2=O)c1. The number of benzene rings is 1. The molecule has 0 aliphatic rings. The molecule has 11 heteroatoms. The Bertz CT molecular complexity index is 1360. The van der Waals surface area contributed by atoms with E-state index in [2.05, 4.69) is 22.1 Å². The van der Waals surface area contributed by atoms with Gasteiger partial charge in [-0.3, -0.25) is 19.1 Å². The van der Waals surface area contributed by atoms with Crippen molar-refractivity contribution < 1.29 is 19.4 Å². The predicted molar refractivity (Wildman–Crippen MR) is 134 cm³/mol. The second-order valence-corrected chi connectivity index (χ2v) is 8.13. The molecule has 0 aliphatic heterocycles. The number of hydrogen-bond acceptors (Lipinski definition) is 8. The highest BCUT2D eigenvalue weighted by Gasteiger charge is 2.09. The molecule has 0 fully saturated rings. The molecule has 184 valence electrons. The van der Waals surface area contributed by atoms with E-state index < -0.39 is 11.5 Å². The minimum Gasteiger partial charge on any atom is -0.477 e. The number of carbonyl (C=O) groups is 2. The summed E-state index contributed by atoms with van der Waals surface area (Å²) < 4.78 is 6.84. The van der Waals surface area contributed by atoms with Crippen LogP contribution >= 0.6 is 11.3 Å². The van der Waals surface area contributed by atoms with Crippen LogP contribution in [-0.4, -0.2) is 59.8 Å². The number of carboxylic acids is 1. The average molecular weight is 498 g/mol. The van der Waals surface area contributed by atoms with Gasteiger partial charge in [-0.25, -0.2) is 4.79 Å². The monoisotopic (exact) mass is 497 g/mol. The van der Waals surface area contributed by atoms with Gasteiger partial charge in [0.1, 0.15) is 15.3 Å². The number of methoxy groups -OCH3 is 1. The number of likely N-dealkylation sites (N-methyl/N-ethyl adjacent to an activating group) is 1. The number of hydrogen-bond donors (Lipinski definition) is 3. The van der Waals surface area contributed by atoms with Gasteiger partial charge in [-0.2, -0.15) is 5.26 Å². The van der Waals surface area contributed by atoms with Crippen LogP contribution < -0.4 is 25.4 Å². The van der Waals surface area contributed by atoms with E-state index in [-0.39, 0.29) is 33.8 Å². The van der Waals surface area contributed by atoms with Gasteiger partial charge in [0.05, 0.1) is 13.2 Å². The first-order chi connectivity index (χ1) is 16.8. The van der Waals surface area contributed by atoms with E-state index in [9.17, 15) is 14.4 Å². The number of ether oxygens (including phenoxy) is 1. The van der Waals surface area contributed by atoms with Crippen molar-refractivity contribution >= 4 is 46.1 Å². The third-order valence-corrected chi connectivity index (χ3v) is 5.78. The molecule has 0 radical (unpaired) electrons. The number of anilines is 2. The van der Waals surface area contributed by atoms with Crippen LogP contribution in [0.2, 0.25) is 0 Å². The molecule has 10 nitrogen and oxygen atoms in total. The first kappa shape index (κ1) is 27.3. The van der Waals surface area contributed by atoms with Gasteiger partial charge in [-0.15, -0.1) is 0 Å². The fraction of sp³-hybridized carbons (Fsp3) is 0.333. The van der Waals surface area contributed by atoms with Crippen LogP contribution in [0.15, 0.2) is 40.8 Å². The van der Waals surface area contributed by atoms with E-state index in [1.54, 1.807) is 44.4 Å². The number of nitrogens with one attached hydrogen (secondary N) is 2. The highest BCUT2D eigenvalue weighted by atomic mass is 32.1. The number of carbonyl (C=O) groups excluding carboxylic acids is 1. The standard InChI is InChI=1S/C24H27N5O5S/c1-4-28(11-12-34-3)16-21(30)27-19-8-6-7-18(14-19)26-10-9-20-23(31)29(5-2)22(35-20)13-17(15-25)24(32)33/h6-8,10,14,26H,4-5,11-12,16H2,1-3H3,(H,27,30)(H,32,33). The molecule has 0 bridgehead atoms. The number of aromatic nitrogens is 1. The second kappa shape index (κ2) is 13.7. The van der Waals surface area contributed by atoms with Gasteiger partial charge >= 0.3 is 5.97 Å². The summed E-state index contributed by atoms with van der Waals surface area (Å²) >= 11 is 0.983. The fourth-order valence-electron chi connectivity index (χ4n) is 2.96. The summed E-state index contributed by atoms with van der Waals surface area (Å²) in [4.78, 5) is 38.0. The van der Waals surface area contributed by atoms with E-state index >= 15 is 0 Å². The van der Waals surface area contributed by atoms with Gasteiger partial charge < -0.3 is 20.5 Å². The Morgan fingerprint density at radius 1 is 1.31 bits per heavy atom. The zero-order valence-electron chi connectivity index (χ0n) is 19.8. The lowest BCUT2D eigenvalue weighted by Gasteiger charge is -2.19. The largest absolute Gasteiger partial charge is 0.477 e. The van der Waals surface area contributed by atoms with Crippen molar-refractivity contribution in [3.05, 3.63) is 55.6 Å². The van der Waals surface area contributed by atoms with E-state index in [0.29, 0.717) is 24.5 Å². The molecule has 35 heavy (non-hydrogen) atoms. The van der Waals surface area contributed by atoms with Crippen LogP contribution in [-0.2, 0) is 20.9 Å². The molecule has 3 N–H and O–H groups in total. The van der Waals surface area contributed by atoms with Crippen molar-refractivity contribution in [2.45, 2.75) is 20.4 Å². The molecule has 0 saturated carbocycles. The normalized spacial score (nSPS) is 10.1. The molecule has 1 amide bonds. The number of rotatable bonds is 11. The molecule has 1 aromatic heterocycles. The maximum Gasteiger partial charge on any atom is 0.354 e. The maximum atomic E-state index is 12.6. The third-order valence-electron chi connectivity index (χ3n) is 4.77. The van der Waals surface area contributed by atoms with Crippen molar-refractivity contribution in [3.8, 4) is 6.07 Å². The minimum absolute atomic E-state index is 0.143. The molecule has 2 rings (SSSR count). The summed E-state index contributed by atoms with van der Waals surface area (Å²) in [6, 6.07) is 8.63. The summed E-state index contributed by atoms with van der Waals surface area (Å²) in [6.07, 6.45) is 1.45. The molecule has 1 aromatic carbocycles. The summed E-state index contributed by atoms with van der Waals surface area (Å²) in [6.45, 7) is 6.18. The number of nitriles is 1. The average Bonchev–Trinajstić information content (AvgIpc) is 3.13. The summed E-state index contributed by atoms with van der Waals surface area (Å²) in [7, 11) is 1.62. The molecule has 0 saturated heterocycles. The van der Waals surface area contributed by atoms with Crippen LogP contribution in [0.25, 0.3) is 11.5 Å². The van der Waals surface area contributed by atoms with Crippen molar-refractivity contribution in [1.29, 1.82) is 5.26 Å². The van der Waals surface area contributed by atoms with Crippen LogP contribution in [0.4, 0.5) is 11.4 Å². The smallest absolute Gasteiger partial charge is 0.354 e. The Hall–Kier alpha value is -3.90. The molecule has 0 aliphatic carbocycles. The lowest BCUT2D eigenvalue weighted by Crippen LogP contribution is -2.35. The Kier molecular flexibility index (Phi) is 10.7. The molecular weight excluding hydrogens is 470 g/mol. The summed E-state index contributed by atoms with van der Waals surface area (Å²) in [5, 5.41) is 23.9. The fourth-order valence-corrected chi connectivity index (χ4v) is 3.95. The Morgan fingerprint density at radius 3 is 2.69 bits per heavy atom. The summed E-state index contributed by atoms with van der Waals surface area (Å²) in [5.74, 6) is -1.56. The van der Waals surface area contributed by atoms with Crippen molar-refractivity contribution in [3.63, 3.8) is 0 Å². The van der Waals surface area contributed by atoms with Crippen molar-refractivity contribution in [2.75, 3.05) is 44.0 Å². The predicted octanol–water partition coefficient (Wildman–Crippen LogP) is 0.756. The van der Waals surface area contributed by atoms with Gasteiger partial charge in [0.2, 0.25) is 5.91 Å². The number of thiazole rings is 1. The Balaban J connectivity index is 2.24. The quantitative estimate of drug-likeness (QED) is 0.306. The van der Waals surface area contributed by atoms with Gasteiger partial charge in [-0.05, 0) is 31.7 Å². The first-order valence-corrected chi connectivity index (χ1v) is 11.6. The van der Waals surface area contributed by atoms with Crippen LogP contribution in [0, 0.1) is 11.3 Å². The number of aliphatic carboxylic acids is 1. The van der Waals surface area contributed by atoms with Crippen LogP contribution in [0.1, 0.15) is 13.8 Å². The van der Waals surface area contributed by atoms with Crippen molar-refractivity contribution in [1.82, 2.24) is 9.47 Å². The minimum atomic E-state index is -1.41.